The van der Waals surface area contributed by atoms with Gasteiger partial charge in [-0.05, 0) is 73.7 Å². The first-order valence-corrected chi connectivity index (χ1v) is 14.4. The monoisotopic (exact) mass is 598 g/mol. The van der Waals surface area contributed by atoms with Crippen molar-refractivity contribution >= 4 is 27.7 Å². The van der Waals surface area contributed by atoms with Gasteiger partial charge in [0.25, 0.3) is 11.8 Å². The maximum atomic E-state index is 13.1. The Morgan fingerprint density at radius 2 is 1.78 bits per heavy atom. The van der Waals surface area contributed by atoms with E-state index in [0.29, 0.717) is 11.1 Å². The fourth-order valence-corrected chi connectivity index (χ4v) is 6.22. The molecule has 222 valence electrons. The van der Waals surface area contributed by atoms with Crippen LogP contribution in [0.4, 0.5) is 17.6 Å². The molecule has 2 aliphatic rings. The smallest absolute Gasteiger partial charge is 0.428 e. The summed E-state index contributed by atoms with van der Waals surface area (Å²) in [5.74, 6) is -0.994. The van der Waals surface area contributed by atoms with Crippen molar-refractivity contribution in [3.05, 3.63) is 64.7 Å². The lowest BCUT2D eigenvalue weighted by atomic mass is 9.89. The van der Waals surface area contributed by atoms with Crippen molar-refractivity contribution in [2.24, 2.45) is 4.99 Å². The summed E-state index contributed by atoms with van der Waals surface area (Å²) >= 11 is 0. The Balaban J connectivity index is 1.38. The molecule has 14 heteroatoms. The second-order valence-corrected chi connectivity index (χ2v) is 12.3. The first-order valence-electron chi connectivity index (χ1n) is 12.8. The van der Waals surface area contributed by atoms with E-state index >= 15 is 0 Å². The largest absolute Gasteiger partial charge is 0.461 e. The molecule has 2 amide bonds. The molecule has 2 aromatic carbocycles. The molecule has 4 rings (SSSR count). The molecule has 0 aliphatic carbocycles. The molecule has 9 nitrogen and oxygen atoms in total. The van der Waals surface area contributed by atoms with Gasteiger partial charge in [-0.15, -0.1) is 0 Å². The van der Waals surface area contributed by atoms with E-state index < -0.39 is 39.8 Å². The van der Waals surface area contributed by atoms with Crippen molar-refractivity contribution in [2.75, 3.05) is 32.9 Å². The number of rotatable bonds is 9. The number of halogens is 4. The third-order valence-corrected chi connectivity index (χ3v) is 9.06. The zero-order valence-electron chi connectivity index (χ0n) is 22.7. The van der Waals surface area contributed by atoms with Crippen molar-refractivity contribution in [3.8, 4) is 5.75 Å². The van der Waals surface area contributed by atoms with Gasteiger partial charge in [0.15, 0.2) is 0 Å². The van der Waals surface area contributed by atoms with Gasteiger partial charge < -0.3 is 15.0 Å². The van der Waals surface area contributed by atoms with Crippen LogP contribution in [0.25, 0.3) is 0 Å². The van der Waals surface area contributed by atoms with Crippen molar-refractivity contribution in [1.29, 1.82) is 0 Å². The van der Waals surface area contributed by atoms with Gasteiger partial charge in [0, 0.05) is 38.3 Å². The van der Waals surface area contributed by atoms with Crippen LogP contribution in [-0.2, 0) is 21.2 Å². The Hall–Kier alpha value is -3.52. The predicted octanol–water partition coefficient (Wildman–Crippen LogP) is 3.22. The summed E-state index contributed by atoms with van der Waals surface area (Å²) in [4.78, 5) is 31.0. The summed E-state index contributed by atoms with van der Waals surface area (Å²) in [5, 5.41) is 2.65. The molecule has 2 aromatic rings. The number of nitrogens with one attached hydrogen (secondary N) is 1. The molecule has 41 heavy (non-hydrogen) atoms. The van der Waals surface area contributed by atoms with E-state index in [0.717, 1.165) is 23.3 Å². The lowest BCUT2D eigenvalue weighted by molar-refractivity contribution is -0.253. The number of aliphatic imine (C=N–C) groups is 1. The zero-order chi connectivity index (χ0) is 30.2. The second-order valence-electron chi connectivity index (χ2n) is 10.2. The molecule has 0 saturated carbocycles. The molecule has 0 bridgehead atoms. The molecule has 1 fully saturated rings. The van der Waals surface area contributed by atoms with Crippen molar-refractivity contribution in [2.45, 2.75) is 44.3 Å². The number of hydrogen-bond acceptors (Lipinski definition) is 6. The summed E-state index contributed by atoms with van der Waals surface area (Å²) in [7, 11) is -0.334. The van der Waals surface area contributed by atoms with Crippen LogP contribution in [0.5, 0.6) is 5.75 Å². The van der Waals surface area contributed by atoms with E-state index in [9.17, 15) is 35.6 Å². The number of aryl methyl sites for hydroxylation is 2. The van der Waals surface area contributed by atoms with Gasteiger partial charge in [0.05, 0.1) is 5.75 Å². The van der Waals surface area contributed by atoms with Crippen LogP contribution in [-0.4, -0.2) is 86.3 Å². The van der Waals surface area contributed by atoms with Crippen LogP contribution in [0, 0.1) is 6.92 Å². The van der Waals surface area contributed by atoms with Crippen molar-refractivity contribution in [1.82, 2.24) is 14.5 Å². The van der Waals surface area contributed by atoms with E-state index in [1.807, 2.05) is 6.92 Å². The van der Waals surface area contributed by atoms with Crippen LogP contribution in [0.15, 0.2) is 47.5 Å². The molecule has 0 atom stereocenters. The standard InChI is InChI=1S/C27H30F4N4O5S/c1-17-16-20(23(36)34(2)3)5-4-18(17)10-15-41(38,39)35-13-11-26(12-14-35)25(37)32-22(33-26)19-6-8-21(9-7-19)40-27(30,31)24(28)29/h4-9,16,24H,10-15H2,1-3H3,(H,32,33,37). The number of nitrogens with zero attached hydrogens (tertiary/aromatic N) is 3. The predicted molar refractivity (Wildman–Crippen MR) is 143 cm³/mol. The summed E-state index contributed by atoms with van der Waals surface area (Å²) in [6.45, 7) is 1.99. The number of carbonyl (C=O) groups is 2. The number of sulfonamides is 1. The number of amidine groups is 1. The maximum Gasteiger partial charge on any atom is 0.461 e. The van der Waals surface area contributed by atoms with Crippen molar-refractivity contribution in [3.63, 3.8) is 0 Å². The highest BCUT2D eigenvalue weighted by atomic mass is 32.2. The molecule has 0 unspecified atom stereocenters. The van der Waals surface area contributed by atoms with Crippen LogP contribution in [0.1, 0.15) is 39.9 Å². The number of carbonyl (C=O) groups excluding carboxylic acids is 2. The average Bonchev–Trinajstić information content (AvgIpc) is 3.22. The lowest BCUT2D eigenvalue weighted by Crippen LogP contribution is -2.50. The van der Waals surface area contributed by atoms with Gasteiger partial charge in [-0.2, -0.15) is 17.6 Å². The fraction of sp³-hybridized carbons (Fsp3) is 0.444. The molecular weight excluding hydrogens is 568 g/mol. The van der Waals surface area contributed by atoms with Crippen LogP contribution in [0.2, 0.25) is 0 Å². The van der Waals surface area contributed by atoms with Gasteiger partial charge in [0.1, 0.15) is 17.1 Å². The minimum Gasteiger partial charge on any atom is -0.428 e. The summed E-state index contributed by atoms with van der Waals surface area (Å²) in [5.41, 5.74) is 1.33. The van der Waals surface area contributed by atoms with E-state index in [1.54, 1.807) is 32.3 Å². The van der Waals surface area contributed by atoms with Crippen LogP contribution in [0.3, 0.4) is 0 Å². The number of hydrogen-bond donors (Lipinski definition) is 1. The molecule has 0 radical (unpaired) electrons. The minimum absolute atomic E-state index is 0.0806. The third-order valence-electron chi connectivity index (χ3n) is 7.18. The molecule has 0 aromatic heterocycles. The zero-order valence-corrected chi connectivity index (χ0v) is 23.5. The van der Waals surface area contributed by atoms with Crippen molar-refractivity contribution < 1.29 is 40.3 Å². The molecule has 2 heterocycles. The number of alkyl halides is 4. The Kier molecular flexibility index (Phi) is 8.46. The number of amides is 2. The topological polar surface area (TPSA) is 108 Å². The lowest BCUT2D eigenvalue weighted by Gasteiger charge is -2.34. The minimum atomic E-state index is -4.64. The van der Waals surface area contributed by atoms with Gasteiger partial charge in [0.2, 0.25) is 10.0 Å². The molecule has 1 N–H and O–H groups in total. The first-order chi connectivity index (χ1) is 19.1. The summed E-state index contributed by atoms with van der Waals surface area (Å²) < 4.78 is 82.6. The maximum absolute atomic E-state index is 13.1. The van der Waals surface area contributed by atoms with Gasteiger partial charge in [-0.25, -0.2) is 12.7 Å². The fourth-order valence-electron chi connectivity index (χ4n) is 4.74. The second kappa shape index (κ2) is 11.4. The van der Waals surface area contributed by atoms with E-state index in [-0.39, 0.29) is 49.8 Å². The van der Waals surface area contributed by atoms with E-state index in [2.05, 4.69) is 15.0 Å². The van der Waals surface area contributed by atoms with E-state index in [4.69, 9.17) is 0 Å². The molecule has 2 aliphatic heterocycles. The number of benzene rings is 2. The molecule has 1 saturated heterocycles. The number of piperidine rings is 1. The Morgan fingerprint density at radius 1 is 1.15 bits per heavy atom. The summed E-state index contributed by atoms with van der Waals surface area (Å²) in [6.07, 6.45) is -8.09. The number of ether oxygens (including phenoxy) is 1. The van der Waals surface area contributed by atoms with Crippen LogP contribution < -0.4 is 10.1 Å². The highest BCUT2D eigenvalue weighted by molar-refractivity contribution is 7.89. The van der Waals surface area contributed by atoms with Gasteiger partial charge in [-0.3, -0.25) is 14.6 Å². The Morgan fingerprint density at radius 3 is 2.34 bits per heavy atom. The Labute approximate surface area is 235 Å². The van der Waals surface area contributed by atoms with Gasteiger partial charge >= 0.3 is 12.5 Å². The highest BCUT2D eigenvalue weighted by Crippen LogP contribution is 2.33. The van der Waals surface area contributed by atoms with E-state index in [1.165, 1.54) is 21.3 Å². The molecular formula is C27H30F4N4O5S. The molecule has 1 spiro atoms. The SMILES string of the molecule is Cc1cc(C(=O)N(C)C)ccc1CCS(=O)(=O)N1CCC2(CC1)N=C(c1ccc(OC(F)(F)C(F)F)cc1)NC2=O. The normalized spacial score (nSPS) is 17.5. The highest BCUT2D eigenvalue weighted by Gasteiger charge is 2.47. The quantitative estimate of drug-likeness (QED) is 0.446. The average molecular weight is 599 g/mol. The summed E-state index contributed by atoms with van der Waals surface area (Å²) in [6, 6.07) is 9.91. The van der Waals surface area contributed by atoms with Gasteiger partial charge in [-0.1, -0.05) is 6.07 Å². The Bertz CT molecular complexity index is 1450. The third kappa shape index (κ3) is 6.53. The van der Waals surface area contributed by atoms with Crippen LogP contribution >= 0.6 is 0 Å². The first kappa shape index (κ1) is 30.4.